The fraction of sp³-hybridized carbons (Fsp3) is 0.364. The lowest BCUT2D eigenvalue weighted by Gasteiger charge is -2.41. The molecular weight excluding hydrogens is 162 g/mol. The summed E-state index contributed by atoms with van der Waals surface area (Å²) in [6.45, 7) is 0. The van der Waals surface area contributed by atoms with Crippen LogP contribution >= 0.6 is 0 Å². The summed E-state index contributed by atoms with van der Waals surface area (Å²) in [4.78, 5) is 11.8. The molecule has 0 heterocycles. The molecule has 0 radical (unpaired) electrons. The van der Waals surface area contributed by atoms with Gasteiger partial charge in [0.1, 0.15) is 0 Å². The smallest absolute Gasteiger partial charge is 0.166 e. The lowest BCUT2D eigenvalue weighted by molar-refractivity contribution is 0.0793. The molecule has 1 aromatic carbocycles. The maximum Gasteiger partial charge on any atom is 0.166 e. The summed E-state index contributed by atoms with van der Waals surface area (Å²) < 4.78 is 0. The third-order valence-electron chi connectivity index (χ3n) is 3.29. The Balaban J connectivity index is 2.22. The number of hydrogen-bond acceptors (Lipinski definition) is 2. The number of hydrogen-bond donors (Lipinski definition) is 1. The Hall–Kier alpha value is -1.31. The number of nitrogen functional groups attached to an aromatic ring is 1. The molecule has 4 rings (SSSR count). The molecule has 1 fully saturated rings. The Bertz CT molecular complexity index is 391. The molecule has 2 nitrogen and oxygen atoms in total. The van der Waals surface area contributed by atoms with Gasteiger partial charge in [0, 0.05) is 17.2 Å². The Morgan fingerprint density at radius 3 is 2.77 bits per heavy atom. The molecular formula is C11H11NO. The standard InChI is InChI=1S/C11H11NO/c12-8-1-2-9-6-3-7(4-6)11(13)10(9)5-8/h1-2,5-7H,3-4,12H2. The second-order valence-corrected chi connectivity index (χ2v) is 4.08. The van der Waals surface area contributed by atoms with Crippen molar-refractivity contribution in [1.29, 1.82) is 0 Å². The van der Waals surface area contributed by atoms with Gasteiger partial charge in [-0.1, -0.05) is 6.07 Å². The van der Waals surface area contributed by atoms with Gasteiger partial charge in [0.25, 0.3) is 0 Å². The number of ketones is 1. The lowest BCUT2D eigenvalue weighted by atomic mass is 9.62. The molecule has 2 bridgehead atoms. The van der Waals surface area contributed by atoms with Crippen LogP contribution in [0.5, 0.6) is 0 Å². The average molecular weight is 173 g/mol. The van der Waals surface area contributed by atoms with Crippen LogP contribution in [0.2, 0.25) is 0 Å². The molecule has 3 aliphatic rings. The molecule has 1 saturated carbocycles. The molecule has 0 unspecified atom stereocenters. The molecule has 0 amide bonds. The maximum absolute atomic E-state index is 11.8. The molecule has 0 aromatic heterocycles. The lowest BCUT2D eigenvalue weighted by Crippen LogP contribution is -2.36. The number of benzene rings is 1. The second-order valence-electron chi connectivity index (χ2n) is 4.08. The van der Waals surface area contributed by atoms with E-state index in [1.54, 1.807) is 0 Å². The molecule has 1 aromatic rings. The van der Waals surface area contributed by atoms with Gasteiger partial charge in [-0.05, 0) is 36.5 Å². The summed E-state index contributed by atoms with van der Waals surface area (Å²) in [5.74, 6) is 1.25. The first-order valence-corrected chi connectivity index (χ1v) is 4.69. The van der Waals surface area contributed by atoms with Crippen LogP contribution in [0.15, 0.2) is 18.2 Å². The number of carbonyl (C=O) groups excluding carboxylic acids is 1. The van der Waals surface area contributed by atoms with Crippen molar-refractivity contribution in [2.45, 2.75) is 18.8 Å². The largest absolute Gasteiger partial charge is 0.399 e. The van der Waals surface area contributed by atoms with Crippen molar-refractivity contribution >= 4 is 11.5 Å². The Morgan fingerprint density at radius 1 is 1.23 bits per heavy atom. The van der Waals surface area contributed by atoms with E-state index in [-0.39, 0.29) is 0 Å². The molecule has 2 heteroatoms. The van der Waals surface area contributed by atoms with E-state index in [0.717, 1.165) is 18.4 Å². The van der Waals surface area contributed by atoms with E-state index < -0.39 is 0 Å². The fourth-order valence-electron chi connectivity index (χ4n) is 2.45. The minimum Gasteiger partial charge on any atom is -0.399 e. The Morgan fingerprint density at radius 2 is 2.00 bits per heavy atom. The monoisotopic (exact) mass is 173 g/mol. The molecule has 0 atom stereocenters. The highest BCUT2D eigenvalue weighted by Gasteiger charge is 2.42. The Labute approximate surface area is 76.7 Å². The summed E-state index contributed by atoms with van der Waals surface area (Å²) in [5, 5.41) is 0. The minimum absolute atomic E-state index is 0.305. The molecule has 3 aliphatic carbocycles. The van der Waals surface area contributed by atoms with Crippen molar-refractivity contribution in [1.82, 2.24) is 0 Å². The Kier molecular flexibility index (Phi) is 1.17. The molecule has 0 saturated heterocycles. The zero-order valence-electron chi connectivity index (χ0n) is 7.29. The quantitative estimate of drug-likeness (QED) is 0.609. The van der Waals surface area contributed by atoms with E-state index in [9.17, 15) is 4.79 Å². The zero-order chi connectivity index (χ0) is 9.00. The zero-order valence-corrected chi connectivity index (χ0v) is 7.29. The van der Waals surface area contributed by atoms with E-state index in [2.05, 4.69) is 0 Å². The van der Waals surface area contributed by atoms with Gasteiger partial charge in [-0.15, -0.1) is 0 Å². The highest BCUT2D eigenvalue weighted by atomic mass is 16.1. The fourth-order valence-corrected chi connectivity index (χ4v) is 2.45. The molecule has 13 heavy (non-hydrogen) atoms. The summed E-state index contributed by atoms with van der Waals surface area (Å²) in [5.41, 5.74) is 8.46. The first-order chi connectivity index (χ1) is 6.25. The summed E-state index contributed by atoms with van der Waals surface area (Å²) in [7, 11) is 0. The van der Waals surface area contributed by atoms with E-state index >= 15 is 0 Å². The molecule has 0 aliphatic heterocycles. The summed E-state index contributed by atoms with van der Waals surface area (Å²) in [6.07, 6.45) is 2.13. The third kappa shape index (κ3) is 0.804. The van der Waals surface area contributed by atoms with Gasteiger partial charge in [-0.25, -0.2) is 0 Å². The van der Waals surface area contributed by atoms with Crippen LogP contribution in [-0.2, 0) is 0 Å². The highest BCUT2D eigenvalue weighted by molar-refractivity contribution is 6.02. The number of nitrogens with two attached hydrogens (primary N) is 1. The first-order valence-electron chi connectivity index (χ1n) is 4.69. The van der Waals surface area contributed by atoms with Crippen LogP contribution in [0.25, 0.3) is 0 Å². The normalized spacial score (nSPS) is 29.4. The van der Waals surface area contributed by atoms with Gasteiger partial charge in [0.15, 0.2) is 5.78 Å². The minimum atomic E-state index is 0.305. The van der Waals surface area contributed by atoms with Crippen molar-refractivity contribution in [3.63, 3.8) is 0 Å². The van der Waals surface area contributed by atoms with Crippen LogP contribution in [0, 0.1) is 5.92 Å². The van der Waals surface area contributed by atoms with Crippen molar-refractivity contribution in [2.24, 2.45) is 5.92 Å². The van der Waals surface area contributed by atoms with Gasteiger partial charge >= 0.3 is 0 Å². The van der Waals surface area contributed by atoms with E-state index in [1.165, 1.54) is 5.56 Å². The second kappa shape index (κ2) is 2.13. The van der Waals surface area contributed by atoms with Crippen LogP contribution < -0.4 is 5.73 Å². The third-order valence-corrected chi connectivity index (χ3v) is 3.29. The van der Waals surface area contributed by atoms with Crippen LogP contribution in [0.4, 0.5) is 5.69 Å². The van der Waals surface area contributed by atoms with Crippen molar-refractivity contribution in [3.05, 3.63) is 29.3 Å². The topological polar surface area (TPSA) is 43.1 Å². The van der Waals surface area contributed by atoms with Crippen molar-refractivity contribution in [2.75, 3.05) is 5.73 Å². The predicted octanol–water partition coefficient (Wildman–Crippen LogP) is 1.96. The highest BCUT2D eigenvalue weighted by Crippen LogP contribution is 2.49. The summed E-state index contributed by atoms with van der Waals surface area (Å²) >= 11 is 0. The van der Waals surface area contributed by atoms with Gasteiger partial charge in [0.2, 0.25) is 0 Å². The number of anilines is 1. The van der Waals surface area contributed by atoms with Crippen LogP contribution in [-0.4, -0.2) is 5.78 Å². The van der Waals surface area contributed by atoms with Gasteiger partial charge in [-0.2, -0.15) is 0 Å². The maximum atomic E-state index is 11.8. The summed E-state index contributed by atoms with van der Waals surface area (Å²) in [6, 6.07) is 5.74. The van der Waals surface area contributed by atoms with Gasteiger partial charge in [0.05, 0.1) is 0 Å². The molecule has 0 spiro atoms. The average Bonchev–Trinajstić information content (AvgIpc) is 2.03. The van der Waals surface area contributed by atoms with E-state index in [1.807, 2.05) is 18.2 Å². The van der Waals surface area contributed by atoms with Crippen LogP contribution in [0.3, 0.4) is 0 Å². The van der Waals surface area contributed by atoms with E-state index in [4.69, 9.17) is 5.73 Å². The number of carbonyl (C=O) groups is 1. The number of Topliss-reactive ketones (excluding diaryl/α,β-unsaturated/α-hetero) is 1. The van der Waals surface area contributed by atoms with Gasteiger partial charge < -0.3 is 5.73 Å². The SMILES string of the molecule is Nc1ccc2c(c1)C(=O)C1CC2C1. The van der Waals surface area contributed by atoms with Gasteiger partial charge in [-0.3, -0.25) is 4.79 Å². The predicted molar refractivity (Wildman–Crippen MR) is 50.6 cm³/mol. The molecule has 2 N–H and O–H groups in total. The number of rotatable bonds is 0. The molecule has 66 valence electrons. The van der Waals surface area contributed by atoms with Crippen molar-refractivity contribution in [3.8, 4) is 0 Å². The van der Waals surface area contributed by atoms with Crippen LogP contribution in [0.1, 0.15) is 34.7 Å². The van der Waals surface area contributed by atoms with Crippen molar-refractivity contribution < 1.29 is 4.79 Å². The first kappa shape index (κ1) is 7.13. The van der Waals surface area contributed by atoms with E-state index in [0.29, 0.717) is 23.3 Å².